The van der Waals surface area contributed by atoms with Crippen molar-refractivity contribution in [3.63, 3.8) is 0 Å². The summed E-state index contributed by atoms with van der Waals surface area (Å²) in [5.74, 6) is -2.27. The first-order valence-corrected chi connectivity index (χ1v) is 12.6. The molecule has 2 aromatic carbocycles. The van der Waals surface area contributed by atoms with Gasteiger partial charge >= 0.3 is 6.29 Å². The average Bonchev–Trinajstić information content (AvgIpc) is 3.58. The zero-order chi connectivity index (χ0) is 29.5. The number of carbonyl (C=O) groups excluding carboxylic acids is 2. The average molecular weight is 563 g/mol. The Morgan fingerprint density at radius 2 is 1.30 bits per heavy atom. The highest BCUT2D eigenvalue weighted by atomic mass is 19.3. The van der Waals surface area contributed by atoms with Crippen LogP contribution in [-0.4, -0.2) is 76.8 Å². The first kappa shape index (κ1) is 29.1. The second-order valence-electron chi connectivity index (χ2n) is 9.79. The van der Waals surface area contributed by atoms with Gasteiger partial charge in [0.1, 0.15) is 0 Å². The minimum absolute atomic E-state index is 0.0293. The summed E-state index contributed by atoms with van der Waals surface area (Å²) in [6.07, 6.45) is -0.501. The second-order valence-corrected chi connectivity index (χ2v) is 9.79. The molecule has 40 heavy (non-hydrogen) atoms. The number of alkyl halides is 2. The van der Waals surface area contributed by atoms with Gasteiger partial charge in [0.2, 0.25) is 11.8 Å². The number of likely N-dealkylation sites (N-methyl/N-ethyl adjacent to an activating group) is 2. The molecule has 0 bridgehead atoms. The van der Waals surface area contributed by atoms with Crippen LogP contribution in [0.25, 0.3) is 21.8 Å². The SMILES string of the molecule is CC(C(=O)n1ccc2cc3c(cc21)OC(F)(F)O3)N(C)C.CCN(C)C(C)C(=O)n1ccc2cc(F)c(F)cc21. The topological polar surface area (TPSA) is 68.9 Å². The molecule has 8 nitrogen and oxygen atoms in total. The second kappa shape index (κ2) is 10.9. The Morgan fingerprint density at radius 3 is 1.85 bits per heavy atom. The van der Waals surface area contributed by atoms with E-state index >= 15 is 0 Å². The van der Waals surface area contributed by atoms with Gasteiger partial charge in [0, 0.05) is 35.3 Å². The van der Waals surface area contributed by atoms with E-state index in [1.807, 2.05) is 18.9 Å². The summed E-state index contributed by atoms with van der Waals surface area (Å²) in [6.45, 7) is 6.24. The van der Waals surface area contributed by atoms with Crippen LogP contribution in [0.2, 0.25) is 0 Å². The number of hydrogen-bond acceptors (Lipinski definition) is 6. The van der Waals surface area contributed by atoms with E-state index in [2.05, 4.69) is 9.47 Å². The van der Waals surface area contributed by atoms with Crippen LogP contribution in [0.3, 0.4) is 0 Å². The number of ether oxygens (including phenoxy) is 2. The lowest BCUT2D eigenvalue weighted by Gasteiger charge is -2.22. The van der Waals surface area contributed by atoms with Gasteiger partial charge in [-0.1, -0.05) is 6.92 Å². The molecule has 12 heteroatoms. The number of aromatic nitrogens is 2. The largest absolute Gasteiger partial charge is 0.586 e. The molecule has 0 amide bonds. The van der Waals surface area contributed by atoms with Gasteiger partial charge in [-0.15, -0.1) is 8.78 Å². The third-order valence-electron chi connectivity index (χ3n) is 7.07. The maximum atomic E-state index is 13.3. The predicted molar refractivity (Wildman–Crippen MR) is 142 cm³/mol. The van der Waals surface area contributed by atoms with Crippen molar-refractivity contribution in [1.29, 1.82) is 0 Å². The van der Waals surface area contributed by atoms with Crippen LogP contribution in [0.1, 0.15) is 30.4 Å². The van der Waals surface area contributed by atoms with Crippen LogP contribution < -0.4 is 9.47 Å². The molecular formula is C28H30F4N4O4. The summed E-state index contributed by atoms with van der Waals surface area (Å²) in [4.78, 5) is 28.4. The van der Waals surface area contributed by atoms with Crippen LogP contribution in [0.5, 0.6) is 11.5 Å². The molecule has 0 spiro atoms. The van der Waals surface area contributed by atoms with E-state index in [1.165, 1.54) is 21.3 Å². The maximum Gasteiger partial charge on any atom is 0.586 e. The van der Waals surface area contributed by atoms with Gasteiger partial charge in [0.05, 0.1) is 23.1 Å². The van der Waals surface area contributed by atoms with Crippen LogP contribution in [-0.2, 0) is 0 Å². The van der Waals surface area contributed by atoms with Crippen LogP contribution >= 0.6 is 0 Å². The lowest BCUT2D eigenvalue weighted by atomic mass is 10.2. The Hall–Kier alpha value is -3.90. The Kier molecular flexibility index (Phi) is 7.95. The molecule has 0 saturated heterocycles. The highest BCUT2D eigenvalue weighted by molar-refractivity contribution is 5.96. The molecule has 214 valence electrons. The minimum atomic E-state index is -3.66. The van der Waals surface area contributed by atoms with Crippen molar-refractivity contribution < 1.29 is 36.6 Å². The lowest BCUT2D eigenvalue weighted by molar-refractivity contribution is -0.286. The van der Waals surface area contributed by atoms with E-state index in [0.29, 0.717) is 21.8 Å². The molecule has 2 atom stereocenters. The molecule has 2 aromatic heterocycles. The van der Waals surface area contributed by atoms with Crippen molar-refractivity contribution in [1.82, 2.24) is 18.9 Å². The third-order valence-corrected chi connectivity index (χ3v) is 7.07. The number of hydrogen-bond donors (Lipinski definition) is 0. The van der Waals surface area contributed by atoms with E-state index in [0.717, 1.165) is 18.7 Å². The minimum Gasteiger partial charge on any atom is -0.395 e. The maximum absolute atomic E-state index is 13.3. The van der Waals surface area contributed by atoms with E-state index < -0.39 is 17.9 Å². The standard InChI is InChI=1S/C14H14F2N2O3.C14H16F2N2O/c1-8(17(2)3)13(19)18-5-4-9-6-11-12(7-10(9)18)21-14(15,16)20-11;1-4-17(3)9(2)14(19)18-6-5-10-7-11(15)12(16)8-13(10)18/h4-8H,1-3H3;5-9H,4H2,1-3H3. The van der Waals surface area contributed by atoms with E-state index in [1.54, 1.807) is 57.4 Å². The van der Waals surface area contributed by atoms with Gasteiger partial charge in [-0.05, 0) is 65.8 Å². The predicted octanol–water partition coefficient (Wildman–Crippen LogP) is 5.45. The highest BCUT2D eigenvalue weighted by Gasteiger charge is 2.43. The summed E-state index contributed by atoms with van der Waals surface area (Å²) >= 11 is 0. The van der Waals surface area contributed by atoms with Gasteiger partial charge in [-0.2, -0.15) is 0 Å². The molecule has 5 rings (SSSR count). The number of nitrogens with zero attached hydrogens (tertiary/aromatic N) is 4. The van der Waals surface area contributed by atoms with Crippen molar-refractivity contribution >= 4 is 33.6 Å². The molecule has 1 aliphatic rings. The van der Waals surface area contributed by atoms with Crippen LogP contribution in [0, 0.1) is 11.6 Å². The van der Waals surface area contributed by atoms with E-state index in [9.17, 15) is 27.2 Å². The fourth-order valence-electron chi connectivity index (χ4n) is 4.18. The van der Waals surface area contributed by atoms with E-state index in [-0.39, 0.29) is 35.4 Å². The van der Waals surface area contributed by atoms with Crippen molar-refractivity contribution in [2.24, 2.45) is 0 Å². The van der Waals surface area contributed by atoms with Crippen LogP contribution in [0.15, 0.2) is 48.8 Å². The lowest BCUT2D eigenvalue weighted by Crippen LogP contribution is -2.38. The summed E-state index contributed by atoms with van der Waals surface area (Å²) < 4.78 is 64.2. The number of halogens is 4. The molecule has 0 aliphatic carbocycles. The molecule has 3 heterocycles. The fourth-order valence-corrected chi connectivity index (χ4v) is 4.18. The fraction of sp³-hybridized carbons (Fsp3) is 0.357. The highest BCUT2D eigenvalue weighted by Crippen LogP contribution is 2.43. The smallest absolute Gasteiger partial charge is 0.395 e. The van der Waals surface area contributed by atoms with Crippen molar-refractivity contribution in [2.75, 3.05) is 27.7 Å². The summed E-state index contributed by atoms with van der Waals surface area (Å²) in [6, 6.07) is 7.61. The zero-order valence-corrected chi connectivity index (χ0v) is 22.9. The first-order valence-electron chi connectivity index (χ1n) is 12.6. The normalized spacial score (nSPS) is 15.4. The first-order chi connectivity index (χ1) is 18.7. The summed E-state index contributed by atoms with van der Waals surface area (Å²) in [5.41, 5.74) is 0.897. The molecular weight excluding hydrogens is 532 g/mol. The molecule has 1 aliphatic heterocycles. The van der Waals surface area contributed by atoms with Gasteiger partial charge in [0.15, 0.2) is 23.1 Å². The van der Waals surface area contributed by atoms with Crippen molar-refractivity contribution in [2.45, 2.75) is 39.1 Å². The zero-order valence-electron chi connectivity index (χ0n) is 22.9. The Labute approximate surface area is 228 Å². The molecule has 0 saturated carbocycles. The van der Waals surface area contributed by atoms with E-state index in [4.69, 9.17) is 0 Å². The molecule has 0 radical (unpaired) electrons. The quantitative estimate of drug-likeness (QED) is 0.301. The van der Waals surface area contributed by atoms with Crippen LogP contribution in [0.4, 0.5) is 17.6 Å². The van der Waals surface area contributed by atoms with Crippen molar-refractivity contribution in [3.8, 4) is 11.5 Å². The Bertz CT molecular complexity index is 1580. The van der Waals surface area contributed by atoms with Gasteiger partial charge in [0.25, 0.3) is 0 Å². The van der Waals surface area contributed by atoms with Crippen molar-refractivity contribution in [3.05, 3.63) is 60.4 Å². The summed E-state index contributed by atoms with van der Waals surface area (Å²) in [7, 11) is 5.43. The van der Waals surface area contributed by atoms with Gasteiger partial charge in [-0.25, -0.2) is 8.78 Å². The number of rotatable bonds is 5. The molecule has 0 fully saturated rings. The Balaban J connectivity index is 0.000000186. The molecule has 2 unspecified atom stereocenters. The number of fused-ring (bicyclic) bond motifs is 3. The third kappa shape index (κ3) is 5.54. The molecule has 4 aromatic rings. The summed E-state index contributed by atoms with van der Waals surface area (Å²) in [5, 5.41) is 1.15. The number of carbonyl (C=O) groups is 2. The monoisotopic (exact) mass is 562 g/mol. The number of benzene rings is 2. The Morgan fingerprint density at radius 1 is 0.825 bits per heavy atom. The molecule has 0 N–H and O–H groups in total. The van der Waals surface area contributed by atoms with Gasteiger partial charge in [-0.3, -0.25) is 28.5 Å². The van der Waals surface area contributed by atoms with Gasteiger partial charge < -0.3 is 9.47 Å².